The molecule has 0 heterocycles. The van der Waals surface area contributed by atoms with Crippen molar-refractivity contribution >= 4 is 48.0 Å². The van der Waals surface area contributed by atoms with E-state index in [1.807, 2.05) is 30.3 Å². The summed E-state index contributed by atoms with van der Waals surface area (Å²) in [5, 5.41) is 2.66. The molecule has 0 radical (unpaired) electrons. The Kier molecular flexibility index (Phi) is 17.8. The van der Waals surface area contributed by atoms with Gasteiger partial charge in [0, 0.05) is 25.8 Å². The van der Waals surface area contributed by atoms with E-state index >= 15 is 0 Å². The van der Waals surface area contributed by atoms with E-state index in [0.717, 1.165) is 0 Å². The third kappa shape index (κ3) is 8.54. The fourth-order valence-electron chi connectivity index (χ4n) is 1.41. The predicted molar refractivity (Wildman–Crippen MR) is 86.6 cm³/mol. The third-order valence-corrected chi connectivity index (χ3v) is 2.15. The number of rotatable bonds is 0. The first-order valence-corrected chi connectivity index (χ1v) is 4.98. The summed E-state index contributed by atoms with van der Waals surface area (Å²) in [6.07, 6.45) is 0. The minimum absolute atomic E-state index is 0. The molecule has 102 valence electrons. The normalized spacial score (nSPS) is 7.37. The Balaban J connectivity index is -0.000000234. The van der Waals surface area contributed by atoms with E-state index in [-0.39, 0.29) is 63.1 Å². The van der Waals surface area contributed by atoms with Crippen LogP contribution in [0.4, 0.5) is 0 Å². The molecule has 4 heteroatoms. The number of fused-ring (bicyclic) bond motifs is 1. The van der Waals surface area contributed by atoms with Crippen molar-refractivity contribution in [3.8, 4) is 0 Å². The molecule has 3 aromatic carbocycles. The molecule has 0 aliphatic heterocycles. The predicted octanol–water partition coefficient (Wildman–Crippen LogP) is 5.31. The average molecular weight is 480 g/mol. The van der Waals surface area contributed by atoms with Gasteiger partial charge in [-0.1, -0.05) is 6.07 Å². The van der Waals surface area contributed by atoms with Crippen LogP contribution in [-0.2, 0) is 25.8 Å². The van der Waals surface area contributed by atoms with E-state index in [4.69, 9.17) is 0 Å². The summed E-state index contributed by atoms with van der Waals surface area (Å²) in [6, 6.07) is 27.2. The van der Waals surface area contributed by atoms with E-state index < -0.39 is 0 Å². The molecular formula is C15H15Cl3Hf-2. The molecule has 3 rings (SSSR count). The summed E-state index contributed by atoms with van der Waals surface area (Å²) in [5.41, 5.74) is 0. The van der Waals surface area contributed by atoms with Gasteiger partial charge in [0.2, 0.25) is 0 Å². The molecule has 0 N–H and O–H groups in total. The summed E-state index contributed by atoms with van der Waals surface area (Å²) in [5.74, 6) is 0. The van der Waals surface area contributed by atoms with Crippen molar-refractivity contribution in [3.05, 3.63) is 78.9 Å². The van der Waals surface area contributed by atoms with Crippen LogP contribution in [0.15, 0.2) is 72.8 Å². The fourth-order valence-corrected chi connectivity index (χ4v) is 1.41. The molecule has 0 atom stereocenters. The van der Waals surface area contributed by atoms with Crippen LogP contribution in [0.2, 0.25) is 0 Å². The molecule has 0 unspecified atom stereocenters. The van der Waals surface area contributed by atoms with Crippen molar-refractivity contribution in [2.75, 3.05) is 0 Å². The molecule has 0 spiro atoms. The van der Waals surface area contributed by atoms with Crippen LogP contribution in [0.1, 0.15) is 0 Å². The summed E-state index contributed by atoms with van der Waals surface area (Å²) in [6.45, 7) is 0. The van der Waals surface area contributed by atoms with Crippen molar-refractivity contribution < 1.29 is 25.8 Å². The second-order valence-corrected chi connectivity index (χ2v) is 3.23. The zero-order chi connectivity index (χ0) is 10.3. The van der Waals surface area contributed by atoms with Crippen LogP contribution in [0.3, 0.4) is 0 Å². The van der Waals surface area contributed by atoms with E-state index in [2.05, 4.69) is 48.5 Å². The largest absolute Gasteiger partial charge is 0.184 e. The number of benzene rings is 2. The van der Waals surface area contributed by atoms with Gasteiger partial charge in [-0.15, -0.1) is 66.9 Å². The van der Waals surface area contributed by atoms with Gasteiger partial charge < -0.3 is 0 Å². The SMILES string of the molecule is Cl.Cl.Cl.[Hf].[c-]1ccccc1.c1ccc2[cH-]ccc2c1. The minimum Gasteiger partial charge on any atom is -0.184 e. The van der Waals surface area contributed by atoms with E-state index in [1.165, 1.54) is 10.8 Å². The average Bonchev–Trinajstić information content (AvgIpc) is 2.80. The Hall–Kier alpha value is -0.210. The van der Waals surface area contributed by atoms with Crippen LogP contribution >= 0.6 is 37.2 Å². The van der Waals surface area contributed by atoms with E-state index in [0.29, 0.717) is 0 Å². The Bertz CT molecular complexity index is 452. The maximum atomic E-state index is 2.89. The smallest absolute Gasteiger partial charge is 0 e. The van der Waals surface area contributed by atoms with Gasteiger partial charge in [-0.3, -0.25) is 0 Å². The summed E-state index contributed by atoms with van der Waals surface area (Å²) in [4.78, 5) is 0. The molecule has 19 heavy (non-hydrogen) atoms. The maximum Gasteiger partial charge on any atom is 0 e. The van der Waals surface area contributed by atoms with Gasteiger partial charge in [-0.05, 0) is 0 Å². The van der Waals surface area contributed by atoms with Gasteiger partial charge in [0.05, 0.1) is 0 Å². The number of halogens is 3. The van der Waals surface area contributed by atoms with Crippen LogP contribution in [-0.4, -0.2) is 0 Å². The van der Waals surface area contributed by atoms with Gasteiger partial charge in [0.15, 0.2) is 0 Å². The number of hydrogen-bond acceptors (Lipinski definition) is 0. The maximum absolute atomic E-state index is 2.89. The topological polar surface area (TPSA) is 0 Å². The Labute approximate surface area is 152 Å². The third-order valence-electron chi connectivity index (χ3n) is 2.15. The molecule has 0 saturated heterocycles. The molecule has 0 aromatic heterocycles. The second kappa shape index (κ2) is 14.2. The standard InChI is InChI=1S/C9H7.C6H5.3ClH.Hf/c1-2-5-9-7-3-6-8(9)4-1;1-2-4-6-5-3-1;;;;/h1-7H;1-5H;3*1H;/q2*-1;;;;. The van der Waals surface area contributed by atoms with Crippen molar-refractivity contribution in [2.45, 2.75) is 0 Å². The summed E-state index contributed by atoms with van der Waals surface area (Å²) >= 11 is 0. The number of hydrogen-bond donors (Lipinski definition) is 0. The molecule has 0 aliphatic rings. The molecule has 0 saturated carbocycles. The monoisotopic (exact) mass is 480 g/mol. The fraction of sp³-hybridized carbons (Fsp3) is 0. The van der Waals surface area contributed by atoms with Crippen LogP contribution in [0, 0.1) is 6.07 Å². The molecule has 0 bridgehead atoms. The van der Waals surface area contributed by atoms with Gasteiger partial charge >= 0.3 is 0 Å². The molecule has 3 aromatic rings. The quantitative estimate of drug-likeness (QED) is 0.303. The first-order valence-electron chi connectivity index (χ1n) is 4.98. The van der Waals surface area contributed by atoms with Crippen molar-refractivity contribution in [2.24, 2.45) is 0 Å². The first-order chi connectivity index (χ1) is 7.47. The molecular weight excluding hydrogens is 465 g/mol. The molecule has 0 aliphatic carbocycles. The summed E-state index contributed by atoms with van der Waals surface area (Å²) < 4.78 is 0. The van der Waals surface area contributed by atoms with Crippen molar-refractivity contribution in [3.63, 3.8) is 0 Å². The molecule has 0 nitrogen and oxygen atoms in total. The minimum atomic E-state index is 0. The van der Waals surface area contributed by atoms with E-state index in [9.17, 15) is 0 Å². The van der Waals surface area contributed by atoms with Gasteiger partial charge in [-0.2, -0.15) is 53.9 Å². The Morgan fingerprint density at radius 1 is 0.737 bits per heavy atom. The zero-order valence-electron chi connectivity index (χ0n) is 10.2. The van der Waals surface area contributed by atoms with Crippen LogP contribution < -0.4 is 0 Å². The second-order valence-electron chi connectivity index (χ2n) is 3.23. The summed E-state index contributed by atoms with van der Waals surface area (Å²) in [7, 11) is 0. The van der Waals surface area contributed by atoms with Crippen LogP contribution in [0.5, 0.6) is 0 Å². The first kappa shape index (κ1) is 23.9. The van der Waals surface area contributed by atoms with Gasteiger partial charge in [0.25, 0.3) is 0 Å². The Morgan fingerprint density at radius 2 is 1.37 bits per heavy atom. The van der Waals surface area contributed by atoms with Crippen molar-refractivity contribution in [1.29, 1.82) is 0 Å². The van der Waals surface area contributed by atoms with E-state index in [1.54, 1.807) is 0 Å². The van der Waals surface area contributed by atoms with Crippen molar-refractivity contribution in [1.82, 2.24) is 0 Å². The Morgan fingerprint density at radius 3 is 1.84 bits per heavy atom. The zero-order valence-corrected chi connectivity index (χ0v) is 16.2. The van der Waals surface area contributed by atoms with Crippen LogP contribution in [0.25, 0.3) is 10.8 Å². The molecule has 0 amide bonds. The van der Waals surface area contributed by atoms with Gasteiger partial charge in [0.1, 0.15) is 0 Å². The molecule has 0 fully saturated rings. The van der Waals surface area contributed by atoms with Gasteiger partial charge in [-0.25, -0.2) is 0 Å².